The van der Waals surface area contributed by atoms with Crippen molar-refractivity contribution < 1.29 is 0 Å². The predicted molar refractivity (Wildman–Crippen MR) is 183 cm³/mol. The minimum absolute atomic E-state index is 0.887. The third-order valence-corrected chi connectivity index (χ3v) is 9.07. The van der Waals surface area contributed by atoms with Gasteiger partial charge >= 0.3 is 0 Å². The van der Waals surface area contributed by atoms with Crippen molar-refractivity contribution in [1.29, 1.82) is 0 Å². The van der Waals surface area contributed by atoms with Gasteiger partial charge in [0.05, 0.1) is 27.6 Å². The zero-order chi connectivity index (χ0) is 28.8. The van der Waals surface area contributed by atoms with Gasteiger partial charge in [0.15, 0.2) is 0 Å². The first-order chi connectivity index (χ1) is 21.8. The molecular weight excluding hydrogens is 536 g/mol. The molecule has 0 amide bonds. The summed E-state index contributed by atoms with van der Waals surface area (Å²) in [5.74, 6) is 0.887. The number of benzene rings is 7. The van der Waals surface area contributed by atoms with Gasteiger partial charge in [-0.2, -0.15) is 0 Å². The van der Waals surface area contributed by atoms with Crippen molar-refractivity contribution in [3.63, 3.8) is 0 Å². The molecule has 44 heavy (non-hydrogen) atoms. The first-order valence-corrected chi connectivity index (χ1v) is 14.9. The van der Waals surface area contributed by atoms with Gasteiger partial charge < -0.3 is 4.57 Å². The van der Waals surface area contributed by atoms with Crippen molar-refractivity contribution in [2.45, 2.75) is 0 Å². The number of imidazole rings is 1. The maximum atomic E-state index is 5.17. The molecule has 0 atom stereocenters. The standard InChI is InChI=1S/C40H24N4/c1-3-11-29-25(9-1)19-23-35-37(29)38-30-12-4-2-10-26(30)20-24-36(38)43(35)28-21-17-27(18-22-28)39-41-32-14-6-5-13-31(32)40-42-33-15-7-8-16-34(33)44(39)40/h1-24H. The van der Waals surface area contributed by atoms with Crippen LogP contribution in [0, 0.1) is 0 Å². The van der Waals surface area contributed by atoms with Crippen molar-refractivity contribution in [2.75, 3.05) is 0 Å². The Bertz CT molecular complexity index is 2670. The highest BCUT2D eigenvalue weighted by molar-refractivity contribution is 6.28. The lowest BCUT2D eigenvalue weighted by Crippen LogP contribution is -1.99. The summed E-state index contributed by atoms with van der Waals surface area (Å²) in [6, 6.07) is 51.8. The van der Waals surface area contributed by atoms with Gasteiger partial charge in [-0.05, 0) is 82.2 Å². The number of aromatic nitrogens is 4. The van der Waals surface area contributed by atoms with E-state index < -0.39 is 0 Å². The highest BCUT2D eigenvalue weighted by Crippen LogP contribution is 2.40. The van der Waals surface area contributed by atoms with Gasteiger partial charge in [0.1, 0.15) is 11.5 Å². The van der Waals surface area contributed by atoms with Crippen LogP contribution < -0.4 is 0 Å². The summed E-state index contributed by atoms with van der Waals surface area (Å²) in [4.78, 5) is 10.2. The summed E-state index contributed by atoms with van der Waals surface area (Å²) in [6.45, 7) is 0. The second kappa shape index (κ2) is 8.76. The summed E-state index contributed by atoms with van der Waals surface area (Å²) in [5.41, 5.74) is 8.46. The van der Waals surface area contributed by atoms with Crippen LogP contribution in [0.1, 0.15) is 0 Å². The van der Waals surface area contributed by atoms with Crippen LogP contribution in [0.4, 0.5) is 0 Å². The number of para-hydroxylation sites is 3. The highest BCUT2D eigenvalue weighted by atomic mass is 15.1. The van der Waals surface area contributed by atoms with Crippen LogP contribution in [0.5, 0.6) is 0 Å². The second-order valence-electron chi connectivity index (χ2n) is 11.5. The number of fused-ring (bicyclic) bond motifs is 12. The van der Waals surface area contributed by atoms with Crippen LogP contribution in [0.15, 0.2) is 146 Å². The van der Waals surface area contributed by atoms with Gasteiger partial charge in [-0.15, -0.1) is 0 Å². The number of nitrogens with zero attached hydrogens (tertiary/aromatic N) is 4. The number of rotatable bonds is 2. The molecule has 0 aliphatic rings. The summed E-state index contributed by atoms with van der Waals surface area (Å²) < 4.78 is 4.61. The SMILES string of the molecule is c1ccc2c(c1)ccc1c2c2c3ccccc3ccc2n1-c1ccc(-c2nc3ccccc3c3nc4ccccc4n23)cc1. The Hall–Kier alpha value is -6.00. The van der Waals surface area contributed by atoms with E-state index in [2.05, 4.69) is 142 Å². The molecule has 10 aromatic rings. The Morgan fingerprint density at radius 3 is 1.66 bits per heavy atom. The second-order valence-corrected chi connectivity index (χ2v) is 11.5. The largest absolute Gasteiger partial charge is 0.309 e. The molecule has 3 aromatic heterocycles. The van der Waals surface area contributed by atoms with Crippen LogP contribution in [-0.2, 0) is 0 Å². The van der Waals surface area contributed by atoms with Crippen molar-refractivity contribution in [3.05, 3.63) is 146 Å². The Kier molecular flexibility index (Phi) is 4.69. The minimum atomic E-state index is 0.887. The van der Waals surface area contributed by atoms with Crippen LogP contribution in [0.2, 0.25) is 0 Å². The topological polar surface area (TPSA) is 35.1 Å². The molecule has 0 aliphatic carbocycles. The zero-order valence-electron chi connectivity index (χ0n) is 23.6. The van der Waals surface area contributed by atoms with Crippen molar-refractivity contribution in [1.82, 2.24) is 18.9 Å². The van der Waals surface area contributed by atoms with E-state index in [0.717, 1.165) is 44.7 Å². The predicted octanol–water partition coefficient (Wildman–Crippen LogP) is 10.1. The van der Waals surface area contributed by atoms with Crippen LogP contribution in [-0.4, -0.2) is 18.9 Å². The molecule has 3 heterocycles. The van der Waals surface area contributed by atoms with Gasteiger partial charge in [-0.25, -0.2) is 9.97 Å². The quantitative estimate of drug-likeness (QED) is 0.211. The van der Waals surface area contributed by atoms with Gasteiger partial charge in [0.2, 0.25) is 0 Å². The molecule has 0 bridgehead atoms. The van der Waals surface area contributed by atoms with Gasteiger partial charge in [0.25, 0.3) is 0 Å². The molecule has 0 aliphatic heterocycles. The third kappa shape index (κ3) is 3.17. The fourth-order valence-electron chi connectivity index (χ4n) is 7.12. The minimum Gasteiger partial charge on any atom is -0.309 e. The average Bonchev–Trinajstić information content (AvgIpc) is 3.65. The smallest absolute Gasteiger partial charge is 0.149 e. The first-order valence-electron chi connectivity index (χ1n) is 14.9. The van der Waals surface area contributed by atoms with E-state index in [-0.39, 0.29) is 0 Å². The molecule has 204 valence electrons. The fraction of sp³-hybridized carbons (Fsp3) is 0. The fourth-order valence-corrected chi connectivity index (χ4v) is 7.12. The number of hydrogen-bond acceptors (Lipinski definition) is 2. The van der Waals surface area contributed by atoms with E-state index in [1.54, 1.807) is 0 Å². The Balaban J connectivity index is 1.25. The Morgan fingerprint density at radius 1 is 0.409 bits per heavy atom. The molecule has 0 fully saturated rings. The molecule has 0 spiro atoms. The van der Waals surface area contributed by atoms with Crippen LogP contribution in [0.25, 0.3) is 88.0 Å². The molecule has 0 saturated carbocycles. The van der Waals surface area contributed by atoms with Crippen LogP contribution >= 0.6 is 0 Å². The first kappa shape index (κ1) is 23.6. The summed E-state index contributed by atoms with van der Waals surface area (Å²) in [7, 11) is 0. The molecule has 0 radical (unpaired) electrons. The molecule has 10 rings (SSSR count). The molecule has 4 nitrogen and oxygen atoms in total. The number of hydrogen-bond donors (Lipinski definition) is 0. The lowest BCUT2D eigenvalue weighted by atomic mass is 10.00. The zero-order valence-corrected chi connectivity index (χ0v) is 23.6. The van der Waals surface area contributed by atoms with E-state index in [4.69, 9.17) is 9.97 Å². The summed E-state index contributed by atoms with van der Waals surface area (Å²) >= 11 is 0. The Labute approximate surface area is 252 Å². The highest BCUT2D eigenvalue weighted by Gasteiger charge is 2.18. The molecule has 7 aromatic carbocycles. The average molecular weight is 561 g/mol. The van der Waals surface area contributed by atoms with Gasteiger partial charge in [-0.3, -0.25) is 4.40 Å². The van der Waals surface area contributed by atoms with E-state index in [1.165, 1.54) is 43.4 Å². The van der Waals surface area contributed by atoms with Crippen molar-refractivity contribution in [2.24, 2.45) is 0 Å². The maximum absolute atomic E-state index is 5.17. The summed E-state index contributed by atoms with van der Waals surface area (Å²) in [5, 5.41) is 8.69. The van der Waals surface area contributed by atoms with E-state index in [9.17, 15) is 0 Å². The van der Waals surface area contributed by atoms with E-state index in [1.807, 2.05) is 12.1 Å². The Morgan fingerprint density at radius 2 is 0.977 bits per heavy atom. The molecular formula is C40H24N4. The lowest BCUT2D eigenvalue weighted by molar-refractivity contribution is 1.15. The maximum Gasteiger partial charge on any atom is 0.149 e. The van der Waals surface area contributed by atoms with Crippen LogP contribution in [0.3, 0.4) is 0 Å². The molecule has 4 heteroatoms. The van der Waals surface area contributed by atoms with E-state index in [0.29, 0.717) is 0 Å². The lowest BCUT2D eigenvalue weighted by Gasteiger charge is -2.12. The van der Waals surface area contributed by atoms with Crippen molar-refractivity contribution >= 4 is 70.9 Å². The van der Waals surface area contributed by atoms with Gasteiger partial charge in [0, 0.05) is 27.4 Å². The normalized spacial score (nSPS) is 12.1. The molecule has 0 N–H and O–H groups in total. The summed E-state index contributed by atoms with van der Waals surface area (Å²) in [6.07, 6.45) is 0. The monoisotopic (exact) mass is 560 g/mol. The molecule has 0 unspecified atom stereocenters. The van der Waals surface area contributed by atoms with Crippen molar-refractivity contribution in [3.8, 4) is 17.1 Å². The van der Waals surface area contributed by atoms with Gasteiger partial charge in [-0.1, -0.05) is 84.9 Å². The third-order valence-electron chi connectivity index (χ3n) is 9.07. The molecule has 0 saturated heterocycles. The van der Waals surface area contributed by atoms with E-state index >= 15 is 0 Å².